The molecule has 2 rings (SSSR count). The summed E-state index contributed by atoms with van der Waals surface area (Å²) in [5, 5.41) is 6.31. The fourth-order valence-electron chi connectivity index (χ4n) is 3.18. The van der Waals surface area contributed by atoms with Crippen molar-refractivity contribution in [2.24, 2.45) is 5.92 Å². The van der Waals surface area contributed by atoms with E-state index in [2.05, 4.69) is 10.6 Å². The molecule has 1 fully saturated rings. The molecule has 0 spiro atoms. The third-order valence-corrected chi connectivity index (χ3v) is 5.35. The van der Waals surface area contributed by atoms with Gasteiger partial charge in [-0.1, -0.05) is 23.2 Å². The van der Waals surface area contributed by atoms with Gasteiger partial charge in [-0.05, 0) is 57.7 Å². The molecule has 0 saturated carbocycles. The zero-order valence-electron chi connectivity index (χ0n) is 18.7. The predicted molar refractivity (Wildman–Crippen MR) is 123 cm³/mol. The van der Waals surface area contributed by atoms with Gasteiger partial charge in [0.1, 0.15) is 11.4 Å². The number of carbonyl (C=O) groups excluding carboxylic acids is 3. The van der Waals surface area contributed by atoms with Crippen molar-refractivity contribution >= 4 is 41.1 Å². The van der Waals surface area contributed by atoms with Gasteiger partial charge in [0.25, 0.3) is 5.91 Å². The van der Waals surface area contributed by atoms with Crippen LogP contribution in [0.25, 0.3) is 0 Å². The van der Waals surface area contributed by atoms with E-state index in [0.717, 1.165) is 12.8 Å². The van der Waals surface area contributed by atoms with Gasteiger partial charge >= 0.3 is 6.09 Å². The molecule has 0 aromatic heterocycles. The van der Waals surface area contributed by atoms with E-state index in [4.69, 9.17) is 32.7 Å². The smallest absolute Gasteiger partial charge is 0.407 e. The van der Waals surface area contributed by atoms with Crippen LogP contribution in [0.1, 0.15) is 40.0 Å². The third kappa shape index (κ3) is 9.53. The lowest BCUT2D eigenvalue weighted by Gasteiger charge is -2.32. The number of likely N-dealkylation sites (tertiary alicyclic amines) is 1. The van der Waals surface area contributed by atoms with E-state index in [1.807, 2.05) is 0 Å². The number of piperidine rings is 1. The number of ether oxygens (including phenoxy) is 2. The summed E-state index contributed by atoms with van der Waals surface area (Å²) >= 11 is 11.9. The molecule has 1 saturated heterocycles. The summed E-state index contributed by atoms with van der Waals surface area (Å²) < 4.78 is 10.6. The third-order valence-electron chi connectivity index (χ3n) is 4.81. The van der Waals surface area contributed by atoms with Crippen LogP contribution < -0.4 is 15.4 Å². The highest BCUT2D eigenvalue weighted by Gasteiger charge is 2.23. The van der Waals surface area contributed by atoms with Gasteiger partial charge in [0.05, 0.1) is 5.02 Å². The molecule has 0 bridgehead atoms. The van der Waals surface area contributed by atoms with Crippen LogP contribution in [-0.2, 0) is 14.3 Å². The topological polar surface area (TPSA) is 97.0 Å². The molecule has 8 nitrogen and oxygen atoms in total. The minimum Gasteiger partial charge on any atom is -0.482 e. The molecule has 178 valence electrons. The molecule has 10 heteroatoms. The zero-order chi connectivity index (χ0) is 23.7. The van der Waals surface area contributed by atoms with E-state index in [-0.39, 0.29) is 31.4 Å². The Kier molecular flexibility index (Phi) is 9.90. The number of nitrogens with zero attached hydrogens (tertiary/aromatic N) is 1. The van der Waals surface area contributed by atoms with E-state index in [9.17, 15) is 14.4 Å². The molecule has 2 N–H and O–H groups in total. The summed E-state index contributed by atoms with van der Waals surface area (Å²) in [6.45, 7) is 7.24. The average molecular weight is 488 g/mol. The highest BCUT2D eigenvalue weighted by molar-refractivity contribution is 6.35. The summed E-state index contributed by atoms with van der Waals surface area (Å²) in [7, 11) is 0. The maximum atomic E-state index is 12.3. The van der Waals surface area contributed by atoms with Crippen molar-refractivity contribution in [1.29, 1.82) is 0 Å². The van der Waals surface area contributed by atoms with Crippen molar-refractivity contribution < 1.29 is 23.9 Å². The van der Waals surface area contributed by atoms with Crippen molar-refractivity contribution in [3.05, 3.63) is 28.2 Å². The van der Waals surface area contributed by atoms with Gasteiger partial charge in [-0.2, -0.15) is 0 Å². The zero-order valence-corrected chi connectivity index (χ0v) is 20.2. The minimum absolute atomic E-state index is 0.00297. The highest BCUT2D eigenvalue weighted by atomic mass is 35.5. The summed E-state index contributed by atoms with van der Waals surface area (Å²) in [6, 6.07) is 4.82. The second kappa shape index (κ2) is 12.2. The van der Waals surface area contributed by atoms with Crippen LogP contribution in [0.3, 0.4) is 0 Å². The number of hydrogen-bond acceptors (Lipinski definition) is 5. The van der Waals surface area contributed by atoms with E-state index in [1.54, 1.807) is 43.9 Å². The molecule has 0 aliphatic carbocycles. The highest BCUT2D eigenvalue weighted by Crippen LogP contribution is 2.27. The molecular weight excluding hydrogens is 457 g/mol. The van der Waals surface area contributed by atoms with Crippen LogP contribution in [0.4, 0.5) is 4.79 Å². The average Bonchev–Trinajstić information content (AvgIpc) is 2.70. The number of amides is 3. The summed E-state index contributed by atoms with van der Waals surface area (Å²) in [5.41, 5.74) is -0.569. The Morgan fingerprint density at radius 3 is 2.44 bits per heavy atom. The van der Waals surface area contributed by atoms with E-state index < -0.39 is 11.7 Å². The Hall–Kier alpha value is -2.19. The van der Waals surface area contributed by atoms with E-state index >= 15 is 0 Å². The van der Waals surface area contributed by atoms with Gasteiger partial charge in [-0.25, -0.2) is 4.79 Å². The van der Waals surface area contributed by atoms with E-state index in [0.29, 0.717) is 41.3 Å². The molecule has 32 heavy (non-hydrogen) atoms. The summed E-state index contributed by atoms with van der Waals surface area (Å²) in [6.07, 6.45) is 1.30. The number of hydrogen-bond donors (Lipinski definition) is 2. The fourth-order valence-corrected chi connectivity index (χ4v) is 3.64. The first-order chi connectivity index (χ1) is 15.0. The van der Waals surface area contributed by atoms with Crippen molar-refractivity contribution in [3.63, 3.8) is 0 Å². The van der Waals surface area contributed by atoms with Gasteiger partial charge in [-0.3, -0.25) is 9.59 Å². The van der Waals surface area contributed by atoms with Crippen LogP contribution in [-0.4, -0.2) is 61.2 Å². The largest absolute Gasteiger partial charge is 0.482 e. The lowest BCUT2D eigenvalue weighted by molar-refractivity contribution is -0.132. The maximum absolute atomic E-state index is 12.3. The lowest BCUT2D eigenvalue weighted by Crippen LogP contribution is -2.43. The van der Waals surface area contributed by atoms with Crippen LogP contribution >= 0.6 is 23.2 Å². The number of halogens is 2. The van der Waals surface area contributed by atoms with Crippen molar-refractivity contribution in [3.8, 4) is 5.75 Å². The monoisotopic (exact) mass is 487 g/mol. The van der Waals surface area contributed by atoms with E-state index in [1.165, 1.54) is 0 Å². The van der Waals surface area contributed by atoms with Crippen LogP contribution in [0.15, 0.2) is 18.2 Å². The van der Waals surface area contributed by atoms with Crippen molar-refractivity contribution in [2.75, 3.05) is 32.8 Å². The van der Waals surface area contributed by atoms with Crippen LogP contribution in [0, 0.1) is 5.92 Å². The Bertz CT molecular complexity index is 805. The summed E-state index contributed by atoms with van der Waals surface area (Å²) in [4.78, 5) is 37.8. The molecule has 0 radical (unpaired) electrons. The first-order valence-corrected chi connectivity index (χ1v) is 11.4. The number of carbonyl (C=O) groups is 3. The predicted octanol–water partition coefficient (Wildman–Crippen LogP) is 3.64. The van der Waals surface area contributed by atoms with Crippen molar-refractivity contribution in [2.45, 2.75) is 45.6 Å². The minimum atomic E-state index is -0.569. The molecule has 3 amide bonds. The fraction of sp³-hybridized carbons (Fsp3) is 0.591. The van der Waals surface area contributed by atoms with Crippen LogP contribution in [0.2, 0.25) is 10.0 Å². The van der Waals surface area contributed by atoms with Crippen LogP contribution in [0.5, 0.6) is 5.75 Å². The molecular formula is C22H31Cl2N3O5. The van der Waals surface area contributed by atoms with Gasteiger partial charge in [0.15, 0.2) is 6.61 Å². The number of alkyl carbamates (subject to hydrolysis) is 1. The lowest BCUT2D eigenvalue weighted by atomic mass is 9.96. The molecule has 1 aromatic carbocycles. The first-order valence-electron chi connectivity index (χ1n) is 10.6. The van der Waals surface area contributed by atoms with Gasteiger partial charge < -0.3 is 25.0 Å². The molecule has 0 unspecified atom stereocenters. The molecule has 1 aromatic rings. The Morgan fingerprint density at radius 2 is 1.81 bits per heavy atom. The Labute approximate surface area is 198 Å². The molecule has 1 aliphatic rings. The normalized spacial score (nSPS) is 14.6. The molecule has 1 aliphatic heterocycles. The van der Waals surface area contributed by atoms with Gasteiger partial charge in [0, 0.05) is 37.6 Å². The van der Waals surface area contributed by atoms with Crippen molar-refractivity contribution in [1.82, 2.24) is 15.5 Å². The number of benzene rings is 1. The van der Waals surface area contributed by atoms with Gasteiger partial charge in [0.2, 0.25) is 5.91 Å². The standard InChI is InChI=1S/C22H31Cl2N3O5/c1-22(2,3)32-21(30)25-9-6-20(29)27-10-7-15(8-11-27)13-26-19(28)14-31-18-5-4-16(23)12-17(18)24/h4-5,12,15H,6-11,13-14H2,1-3H3,(H,25,30)(H,26,28). The second-order valence-corrected chi connectivity index (χ2v) is 9.51. The first kappa shape index (κ1) is 26.1. The quantitative estimate of drug-likeness (QED) is 0.583. The molecule has 1 heterocycles. The number of rotatable bonds is 8. The maximum Gasteiger partial charge on any atom is 0.407 e. The van der Waals surface area contributed by atoms with Gasteiger partial charge in [-0.15, -0.1) is 0 Å². The number of nitrogens with one attached hydrogen (secondary N) is 2. The SMILES string of the molecule is CC(C)(C)OC(=O)NCCC(=O)N1CCC(CNC(=O)COc2ccc(Cl)cc2Cl)CC1. The second-order valence-electron chi connectivity index (χ2n) is 8.67. The summed E-state index contributed by atoms with van der Waals surface area (Å²) in [5.74, 6) is 0.459. The Morgan fingerprint density at radius 1 is 1.12 bits per heavy atom. The Balaban J connectivity index is 1.60. The molecule has 0 atom stereocenters.